The van der Waals surface area contributed by atoms with E-state index in [0.29, 0.717) is 31.0 Å². The fourth-order valence-corrected chi connectivity index (χ4v) is 2.94. The van der Waals surface area contributed by atoms with Gasteiger partial charge in [0, 0.05) is 18.8 Å². The van der Waals surface area contributed by atoms with Crippen LogP contribution in [0, 0.1) is 6.92 Å². The molecule has 0 saturated carbocycles. The Morgan fingerprint density at radius 3 is 2.48 bits per heavy atom. The Balaban J connectivity index is 1.73. The van der Waals surface area contributed by atoms with Gasteiger partial charge < -0.3 is 14.5 Å². The Morgan fingerprint density at radius 1 is 1.08 bits per heavy atom. The van der Waals surface area contributed by atoms with Crippen LogP contribution in [0.1, 0.15) is 22.8 Å². The van der Waals surface area contributed by atoms with Crippen LogP contribution in [-0.4, -0.2) is 43.0 Å². The van der Waals surface area contributed by atoms with Gasteiger partial charge in [-0.15, -0.1) is 0 Å². The second kappa shape index (κ2) is 7.38. The Hall–Kier alpha value is -2.82. The van der Waals surface area contributed by atoms with E-state index in [1.807, 2.05) is 44.2 Å². The maximum Gasteiger partial charge on any atom is 0.258 e. The standard InChI is InChI=1S/C20H22N2O3/c1-3-25-18-7-5-4-6-17(18)20(24)21-12-13-22(19(23)14-21)16-10-8-15(2)9-11-16/h4-11H,3,12-14H2,1-2H3. The molecule has 2 amide bonds. The molecule has 0 radical (unpaired) electrons. The number of carbonyl (C=O) groups is 2. The maximum atomic E-state index is 12.8. The van der Waals surface area contributed by atoms with Crippen molar-refractivity contribution in [2.75, 3.05) is 31.1 Å². The van der Waals surface area contributed by atoms with Crippen molar-refractivity contribution < 1.29 is 14.3 Å². The Morgan fingerprint density at radius 2 is 1.80 bits per heavy atom. The number of carbonyl (C=O) groups excluding carboxylic acids is 2. The molecule has 0 aliphatic carbocycles. The van der Waals surface area contributed by atoms with Gasteiger partial charge in [-0.1, -0.05) is 29.8 Å². The molecule has 0 unspecified atom stereocenters. The molecule has 0 aromatic heterocycles. The lowest BCUT2D eigenvalue weighted by molar-refractivity contribution is -0.120. The molecule has 0 N–H and O–H groups in total. The van der Waals surface area contributed by atoms with Gasteiger partial charge in [0.25, 0.3) is 5.91 Å². The number of nitrogens with zero attached hydrogens (tertiary/aromatic N) is 2. The number of benzene rings is 2. The number of aryl methyl sites for hydroxylation is 1. The number of hydrogen-bond acceptors (Lipinski definition) is 3. The molecule has 1 heterocycles. The number of piperazine rings is 1. The number of anilines is 1. The number of ether oxygens (including phenoxy) is 1. The zero-order valence-electron chi connectivity index (χ0n) is 14.6. The predicted octanol–water partition coefficient (Wildman–Crippen LogP) is 2.88. The molecule has 0 spiro atoms. The smallest absolute Gasteiger partial charge is 0.258 e. The molecule has 5 heteroatoms. The van der Waals surface area contributed by atoms with Crippen LogP contribution < -0.4 is 9.64 Å². The lowest BCUT2D eigenvalue weighted by Crippen LogP contribution is -2.52. The van der Waals surface area contributed by atoms with Gasteiger partial charge in [0.2, 0.25) is 5.91 Å². The number of rotatable bonds is 4. The summed E-state index contributed by atoms with van der Waals surface area (Å²) in [6.45, 7) is 5.45. The quantitative estimate of drug-likeness (QED) is 0.861. The highest BCUT2D eigenvalue weighted by molar-refractivity contribution is 6.02. The average molecular weight is 338 g/mol. The fraction of sp³-hybridized carbons (Fsp3) is 0.300. The Kier molecular flexibility index (Phi) is 5.03. The van der Waals surface area contributed by atoms with E-state index in [4.69, 9.17) is 4.74 Å². The highest BCUT2D eigenvalue weighted by atomic mass is 16.5. The van der Waals surface area contributed by atoms with Crippen molar-refractivity contribution in [2.24, 2.45) is 0 Å². The van der Waals surface area contributed by atoms with E-state index >= 15 is 0 Å². The van der Waals surface area contributed by atoms with Gasteiger partial charge in [0.05, 0.1) is 12.2 Å². The first-order valence-corrected chi connectivity index (χ1v) is 8.48. The van der Waals surface area contributed by atoms with Crippen molar-refractivity contribution in [1.29, 1.82) is 0 Å². The van der Waals surface area contributed by atoms with E-state index in [2.05, 4.69) is 0 Å². The third-order valence-electron chi connectivity index (χ3n) is 4.27. The van der Waals surface area contributed by atoms with Crippen molar-refractivity contribution in [3.63, 3.8) is 0 Å². The van der Waals surface area contributed by atoms with E-state index in [0.717, 1.165) is 11.3 Å². The maximum absolute atomic E-state index is 12.8. The molecular formula is C20H22N2O3. The molecule has 25 heavy (non-hydrogen) atoms. The average Bonchev–Trinajstić information content (AvgIpc) is 2.63. The van der Waals surface area contributed by atoms with Crippen molar-refractivity contribution in [3.05, 3.63) is 59.7 Å². The van der Waals surface area contributed by atoms with Crippen molar-refractivity contribution in [3.8, 4) is 5.75 Å². The van der Waals surface area contributed by atoms with Gasteiger partial charge >= 0.3 is 0 Å². The predicted molar refractivity (Wildman–Crippen MR) is 97.0 cm³/mol. The molecule has 5 nitrogen and oxygen atoms in total. The van der Waals surface area contributed by atoms with Crippen LogP contribution in [0.25, 0.3) is 0 Å². The molecule has 1 saturated heterocycles. The summed E-state index contributed by atoms with van der Waals surface area (Å²) in [4.78, 5) is 28.7. The summed E-state index contributed by atoms with van der Waals surface area (Å²) in [5, 5.41) is 0. The van der Waals surface area contributed by atoms with Gasteiger partial charge in [-0.2, -0.15) is 0 Å². The molecule has 2 aromatic carbocycles. The normalized spacial score (nSPS) is 14.6. The van der Waals surface area contributed by atoms with Gasteiger partial charge in [-0.3, -0.25) is 9.59 Å². The van der Waals surface area contributed by atoms with Crippen LogP contribution in [0.5, 0.6) is 5.75 Å². The minimum Gasteiger partial charge on any atom is -0.493 e. The van der Waals surface area contributed by atoms with Crippen molar-refractivity contribution in [1.82, 2.24) is 4.90 Å². The third-order valence-corrected chi connectivity index (χ3v) is 4.27. The van der Waals surface area contributed by atoms with Crippen LogP contribution in [-0.2, 0) is 4.79 Å². The van der Waals surface area contributed by atoms with Gasteiger partial charge in [0.15, 0.2) is 0 Å². The lowest BCUT2D eigenvalue weighted by atomic mass is 10.1. The van der Waals surface area contributed by atoms with E-state index in [-0.39, 0.29) is 18.4 Å². The minimum atomic E-state index is -0.166. The molecule has 3 rings (SSSR count). The molecule has 0 bridgehead atoms. The summed E-state index contributed by atoms with van der Waals surface area (Å²) in [5.41, 5.74) is 2.52. The zero-order valence-corrected chi connectivity index (χ0v) is 14.6. The summed E-state index contributed by atoms with van der Waals surface area (Å²) in [6, 6.07) is 15.0. The third kappa shape index (κ3) is 3.65. The summed E-state index contributed by atoms with van der Waals surface area (Å²) < 4.78 is 5.53. The Bertz CT molecular complexity index is 771. The van der Waals surface area contributed by atoms with Crippen molar-refractivity contribution in [2.45, 2.75) is 13.8 Å². The molecule has 130 valence electrons. The topological polar surface area (TPSA) is 49.9 Å². The first-order valence-electron chi connectivity index (χ1n) is 8.48. The van der Waals surface area contributed by atoms with Crippen LogP contribution in [0.3, 0.4) is 0 Å². The molecule has 1 aliphatic rings. The molecular weight excluding hydrogens is 316 g/mol. The first-order chi connectivity index (χ1) is 12.1. The second-order valence-electron chi connectivity index (χ2n) is 6.04. The monoisotopic (exact) mass is 338 g/mol. The van der Waals surface area contributed by atoms with E-state index in [9.17, 15) is 9.59 Å². The van der Waals surface area contributed by atoms with E-state index < -0.39 is 0 Å². The molecule has 1 fully saturated rings. The number of para-hydroxylation sites is 1. The highest BCUT2D eigenvalue weighted by Gasteiger charge is 2.29. The van der Waals surface area contributed by atoms with Crippen LogP contribution in [0.15, 0.2) is 48.5 Å². The zero-order chi connectivity index (χ0) is 17.8. The molecule has 2 aromatic rings. The number of hydrogen-bond donors (Lipinski definition) is 0. The fourth-order valence-electron chi connectivity index (χ4n) is 2.94. The van der Waals surface area contributed by atoms with Crippen LogP contribution in [0.2, 0.25) is 0 Å². The first kappa shape index (κ1) is 17.0. The highest BCUT2D eigenvalue weighted by Crippen LogP contribution is 2.23. The molecule has 1 aliphatic heterocycles. The summed E-state index contributed by atoms with van der Waals surface area (Å²) in [7, 11) is 0. The summed E-state index contributed by atoms with van der Waals surface area (Å²) in [5.74, 6) is 0.321. The van der Waals surface area contributed by atoms with Crippen molar-refractivity contribution >= 4 is 17.5 Å². The van der Waals surface area contributed by atoms with Gasteiger partial charge in [0.1, 0.15) is 12.3 Å². The Labute approximate surface area is 147 Å². The summed E-state index contributed by atoms with van der Waals surface area (Å²) >= 11 is 0. The minimum absolute atomic E-state index is 0.0719. The van der Waals surface area contributed by atoms with Crippen LogP contribution in [0.4, 0.5) is 5.69 Å². The largest absolute Gasteiger partial charge is 0.493 e. The SMILES string of the molecule is CCOc1ccccc1C(=O)N1CCN(c2ccc(C)cc2)C(=O)C1. The van der Waals surface area contributed by atoms with Crippen LogP contribution >= 0.6 is 0 Å². The number of amides is 2. The lowest BCUT2D eigenvalue weighted by Gasteiger charge is -2.34. The summed E-state index contributed by atoms with van der Waals surface area (Å²) in [6.07, 6.45) is 0. The van der Waals surface area contributed by atoms with Gasteiger partial charge in [-0.05, 0) is 38.1 Å². The van der Waals surface area contributed by atoms with E-state index in [1.165, 1.54) is 0 Å². The second-order valence-corrected chi connectivity index (χ2v) is 6.04. The van der Waals surface area contributed by atoms with Gasteiger partial charge in [-0.25, -0.2) is 0 Å². The van der Waals surface area contributed by atoms with E-state index in [1.54, 1.807) is 28.0 Å². The molecule has 0 atom stereocenters.